The number of hydrogen-bond donors (Lipinski definition) is 1. The molecule has 0 aromatic heterocycles. The van der Waals surface area contributed by atoms with Gasteiger partial charge in [-0.3, -0.25) is 0 Å². The van der Waals surface area contributed by atoms with Crippen molar-refractivity contribution in [3.63, 3.8) is 0 Å². The van der Waals surface area contributed by atoms with E-state index in [1.165, 1.54) is 24.0 Å². The molecule has 3 heteroatoms. The summed E-state index contributed by atoms with van der Waals surface area (Å²) in [4.78, 5) is 2.54. The molecule has 0 bridgehead atoms. The Morgan fingerprint density at radius 1 is 1.35 bits per heavy atom. The Labute approximate surface area is 122 Å². The quantitative estimate of drug-likeness (QED) is 0.911. The van der Waals surface area contributed by atoms with Crippen LogP contribution in [-0.2, 0) is 11.2 Å². The Morgan fingerprint density at radius 2 is 2.20 bits per heavy atom. The summed E-state index contributed by atoms with van der Waals surface area (Å²) in [6.45, 7) is 3.04. The van der Waals surface area contributed by atoms with Gasteiger partial charge in [-0.25, -0.2) is 0 Å². The van der Waals surface area contributed by atoms with Gasteiger partial charge in [-0.2, -0.15) is 0 Å². The van der Waals surface area contributed by atoms with E-state index in [2.05, 4.69) is 48.6 Å². The molecule has 1 N–H and O–H groups in total. The van der Waals surface area contributed by atoms with Crippen molar-refractivity contribution in [1.29, 1.82) is 0 Å². The molecule has 1 heterocycles. The number of hydrogen-bond acceptors (Lipinski definition) is 3. The van der Waals surface area contributed by atoms with Crippen LogP contribution in [0.4, 0.5) is 0 Å². The van der Waals surface area contributed by atoms with E-state index in [1.54, 1.807) is 0 Å². The standard InChI is InChI=1S/C17H26N2O/c1-18-17-15-8-4-3-7-14(15)10-16(17)19(2)11-13-6-5-9-20-12-13/h3-4,7-8,13,16-18H,5-6,9-12H2,1-2H3. The maximum absolute atomic E-state index is 5.62. The van der Waals surface area contributed by atoms with Crippen molar-refractivity contribution < 1.29 is 4.74 Å². The third kappa shape index (κ3) is 2.76. The molecule has 1 aromatic carbocycles. The second kappa shape index (κ2) is 6.25. The summed E-state index contributed by atoms with van der Waals surface area (Å²) in [6.07, 6.45) is 3.69. The highest BCUT2D eigenvalue weighted by atomic mass is 16.5. The van der Waals surface area contributed by atoms with Crippen molar-refractivity contribution in [2.75, 3.05) is 33.9 Å². The SMILES string of the molecule is CNC1c2ccccc2CC1N(C)CC1CCCOC1. The lowest BCUT2D eigenvalue weighted by Crippen LogP contribution is -2.43. The summed E-state index contributed by atoms with van der Waals surface area (Å²) in [6, 6.07) is 9.88. The van der Waals surface area contributed by atoms with E-state index in [9.17, 15) is 0 Å². The molecule has 1 fully saturated rings. The van der Waals surface area contributed by atoms with E-state index in [-0.39, 0.29) is 0 Å². The molecule has 0 amide bonds. The number of likely N-dealkylation sites (N-methyl/N-ethyl adjacent to an activating group) is 2. The summed E-state index contributed by atoms with van der Waals surface area (Å²) in [7, 11) is 4.35. The lowest BCUT2D eigenvalue weighted by atomic mass is 10.00. The van der Waals surface area contributed by atoms with Crippen molar-refractivity contribution >= 4 is 0 Å². The molecule has 3 atom stereocenters. The Balaban J connectivity index is 1.67. The molecule has 3 unspecified atom stereocenters. The molecule has 1 aliphatic carbocycles. The third-order valence-electron chi connectivity index (χ3n) is 4.88. The second-order valence-electron chi connectivity index (χ2n) is 6.26. The van der Waals surface area contributed by atoms with Gasteiger partial charge in [0.25, 0.3) is 0 Å². The average Bonchev–Trinajstić information content (AvgIpc) is 2.87. The van der Waals surface area contributed by atoms with Gasteiger partial charge in [-0.1, -0.05) is 24.3 Å². The highest BCUT2D eigenvalue weighted by Crippen LogP contribution is 2.34. The minimum Gasteiger partial charge on any atom is -0.381 e. The highest BCUT2D eigenvalue weighted by molar-refractivity contribution is 5.37. The lowest BCUT2D eigenvalue weighted by Gasteiger charge is -2.34. The van der Waals surface area contributed by atoms with Crippen LogP contribution >= 0.6 is 0 Å². The van der Waals surface area contributed by atoms with Gasteiger partial charge >= 0.3 is 0 Å². The summed E-state index contributed by atoms with van der Waals surface area (Å²) >= 11 is 0. The minimum absolute atomic E-state index is 0.459. The zero-order valence-electron chi connectivity index (χ0n) is 12.6. The predicted molar refractivity (Wildman–Crippen MR) is 81.9 cm³/mol. The molecule has 110 valence electrons. The normalized spacial score (nSPS) is 29.6. The van der Waals surface area contributed by atoms with Crippen LogP contribution < -0.4 is 5.32 Å². The average molecular weight is 274 g/mol. The van der Waals surface area contributed by atoms with Gasteiger partial charge in [-0.05, 0) is 50.4 Å². The Morgan fingerprint density at radius 3 is 2.95 bits per heavy atom. The van der Waals surface area contributed by atoms with Gasteiger partial charge in [-0.15, -0.1) is 0 Å². The molecule has 3 rings (SSSR count). The summed E-state index contributed by atoms with van der Waals surface area (Å²) in [5.74, 6) is 0.704. The molecule has 1 aliphatic heterocycles. The Kier molecular flexibility index (Phi) is 4.39. The maximum Gasteiger partial charge on any atom is 0.0506 e. The van der Waals surface area contributed by atoms with Crippen molar-refractivity contribution in [1.82, 2.24) is 10.2 Å². The summed E-state index contributed by atoms with van der Waals surface area (Å²) in [5.41, 5.74) is 2.98. The Bertz CT molecular complexity index is 442. The first kappa shape index (κ1) is 14.1. The maximum atomic E-state index is 5.62. The number of ether oxygens (including phenoxy) is 1. The molecule has 1 aromatic rings. The van der Waals surface area contributed by atoms with Crippen LogP contribution in [-0.4, -0.2) is 44.8 Å². The second-order valence-corrected chi connectivity index (χ2v) is 6.26. The van der Waals surface area contributed by atoms with Crippen LogP contribution in [0, 0.1) is 5.92 Å². The summed E-state index contributed by atoms with van der Waals surface area (Å²) in [5, 5.41) is 3.52. The topological polar surface area (TPSA) is 24.5 Å². The van der Waals surface area contributed by atoms with E-state index in [4.69, 9.17) is 4.74 Å². The minimum atomic E-state index is 0.459. The van der Waals surface area contributed by atoms with Gasteiger partial charge in [0.05, 0.1) is 6.61 Å². The van der Waals surface area contributed by atoms with E-state index >= 15 is 0 Å². The van der Waals surface area contributed by atoms with Crippen LogP contribution in [0.1, 0.15) is 30.0 Å². The van der Waals surface area contributed by atoms with Crippen molar-refractivity contribution in [3.8, 4) is 0 Å². The van der Waals surface area contributed by atoms with Gasteiger partial charge in [0.1, 0.15) is 0 Å². The largest absolute Gasteiger partial charge is 0.381 e. The molecule has 2 aliphatic rings. The van der Waals surface area contributed by atoms with Crippen molar-refractivity contribution in [2.24, 2.45) is 5.92 Å². The zero-order valence-corrected chi connectivity index (χ0v) is 12.6. The number of benzene rings is 1. The third-order valence-corrected chi connectivity index (χ3v) is 4.88. The number of fused-ring (bicyclic) bond motifs is 1. The fourth-order valence-corrected chi connectivity index (χ4v) is 3.83. The smallest absolute Gasteiger partial charge is 0.0506 e. The summed E-state index contributed by atoms with van der Waals surface area (Å²) < 4.78 is 5.62. The zero-order chi connectivity index (χ0) is 13.9. The predicted octanol–water partition coefficient (Wildman–Crippen LogP) is 2.23. The Hall–Kier alpha value is -0.900. The van der Waals surface area contributed by atoms with E-state index < -0.39 is 0 Å². The van der Waals surface area contributed by atoms with Gasteiger partial charge in [0, 0.05) is 25.2 Å². The first-order valence-electron chi connectivity index (χ1n) is 7.82. The molecule has 0 radical (unpaired) electrons. The first-order chi connectivity index (χ1) is 9.79. The molecule has 0 saturated carbocycles. The molecule has 3 nitrogen and oxygen atoms in total. The highest BCUT2D eigenvalue weighted by Gasteiger charge is 2.34. The van der Waals surface area contributed by atoms with E-state index in [0.29, 0.717) is 18.0 Å². The fourth-order valence-electron chi connectivity index (χ4n) is 3.83. The van der Waals surface area contributed by atoms with Crippen molar-refractivity contribution in [3.05, 3.63) is 35.4 Å². The number of rotatable bonds is 4. The van der Waals surface area contributed by atoms with Crippen LogP contribution in [0.2, 0.25) is 0 Å². The van der Waals surface area contributed by atoms with Gasteiger partial charge < -0.3 is 15.0 Å². The van der Waals surface area contributed by atoms with E-state index in [0.717, 1.165) is 26.2 Å². The monoisotopic (exact) mass is 274 g/mol. The van der Waals surface area contributed by atoms with Crippen LogP contribution in [0.3, 0.4) is 0 Å². The van der Waals surface area contributed by atoms with Crippen LogP contribution in [0.5, 0.6) is 0 Å². The van der Waals surface area contributed by atoms with Crippen LogP contribution in [0.25, 0.3) is 0 Å². The molecular formula is C17H26N2O. The number of nitrogens with zero attached hydrogens (tertiary/aromatic N) is 1. The van der Waals surface area contributed by atoms with Crippen LogP contribution in [0.15, 0.2) is 24.3 Å². The molecule has 0 spiro atoms. The molecule has 20 heavy (non-hydrogen) atoms. The number of nitrogens with one attached hydrogen (secondary N) is 1. The van der Waals surface area contributed by atoms with E-state index in [1.807, 2.05) is 0 Å². The first-order valence-corrected chi connectivity index (χ1v) is 7.82. The van der Waals surface area contributed by atoms with Crippen molar-refractivity contribution in [2.45, 2.75) is 31.3 Å². The van der Waals surface area contributed by atoms with Gasteiger partial charge in [0.2, 0.25) is 0 Å². The fraction of sp³-hybridized carbons (Fsp3) is 0.647. The lowest BCUT2D eigenvalue weighted by molar-refractivity contribution is 0.0342. The molecule has 1 saturated heterocycles. The molecular weight excluding hydrogens is 248 g/mol. The van der Waals surface area contributed by atoms with Gasteiger partial charge in [0.15, 0.2) is 0 Å².